The number of aryl methyl sites for hydroxylation is 1. The van der Waals surface area contributed by atoms with Gasteiger partial charge >= 0.3 is 6.18 Å². The van der Waals surface area contributed by atoms with Gasteiger partial charge in [0.1, 0.15) is 0 Å². The van der Waals surface area contributed by atoms with Crippen LogP contribution in [0.25, 0.3) is 0 Å². The van der Waals surface area contributed by atoms with Crippen LogP contribution in [-0.4, -0.2) is 16.0 Å². The van der Waals surface area contributed by atoms with Crippen LogP contribution in [0.4, 0.5) is 13.2 Å². The molecular formula is C13H19ClF3N3. The first kappa shape index (κ1) is 15.6. The highest BCUT2D eigenvalue weighted by Crippen LogP contribution is 2.46. The van der Waals surface area contributed by atoms with E-state index >= 15 is 0 Å². The Labute approximate surface area is 121 Å². The maximum atomic E-state index is 13.2. The highest BCUT2D eigenvalue weighted by atomic mass is 35.5. The van der Waals surface area contributed by atoms with Crippen LogP contribution in [0.5, 0.6) is 0 Å². The second-order valence-electron chi connectivity index (χ2n) is 5.32. The van der Waals surface area contributed by atoms with E-state index in [0.29, 0.717) is 30.1 Å². The van der Waals surface area contributed by atoms with E-state index in [-0.39, 0.29) is 6.42 Å². The van der Waals surface area contributed by atoms with E-state index < -0.39 is 24.1 Å². The lowest BCUT2D eigenvalue weighted by Gasteiger charge is -2.36. The van der Waals surface area contributed by atoms with E-state index in [4.69, 9.17) is 17.3 Å². The van der Waals surface area contributed by atoms with Crippen LogP contribution >= 0.6 is 11.6 Å². The quantitative estimate of drug-likeness (QED) is 0.919. The van der Waals surface area contributed by atoms with Crippen molar-refractivity contribution in [2.24, 2.45) is 17.6 Å². The van der Waals surface area contributed by atoms with Crippen molar-refractivity contribution in [3.05, 3.63) is 16.9 Å². The summed E-state index contributed by atoms with van der Waals surface area (Å²) in [6.45, 7) is 2.40. The van der Waals surface area contributed by atoms with Gasteiger partial charge in [-0.25, -0.2) is 0 Å². The van der Waals surface area contributed by atoms with Crippen molar-refractivity contribution < 1.29 is 13.2 Å². The maximum Gasteiger partial charge on any atom is 0.392 e. The molecule has 20 heavy (non-hydrogen) atoms. The van der Waals surface area contributed by atoms with Gasteiger partial charge in [0.15, 0.2) is 0 Å². The molecule has 0 radical (unpaired) electrons. The average Bonchev–Trinajstić information content (AvgIpc) is 2.78. The summed E-state index contributed by atoms with van der Waals surface area (Å²) < 4.78 is 41.1. The van der Waals surface area contributed by atoms with E-state index in [0.717, 1.165) is 6.42 Å². The summed E-state index contributed by atoms with van der Waals surface area (Å²) in [6, 6.07) is -0.725. The smallest absolute Gasteiger partial charge is 0.322 e. The van der Waals surface area contributed by atoms with Crippen LogP contribution in [-0.2, 0) is 6.54 Å². The molecule has 3 atom stereocenters. The molecule has 1 aromatic rings. The normalized spacial score (nSPS) is 25.7. The molecule has 0 amide bonds. The van der Waals surface area contributed by atoms with E-state index in [9.17, 15) is 13.2 Å². The number of aromatic nitrogens is 2. The fraction of sp³-hybridized carbons (Fsp3) is 0.769. The highest BCUT2D eigenvalue weighted by Gasteiger charge is 2.48. The Morgan fingerprint density at radius 1 is 1.45 bits per heavy atom. The minimum Gasteiger partial charge on any atom is -0.322 e. The minimum absolute atomic E-state index is 0.153. The van der Waals surface area contributed by atoms with Gasteiger partial charge in [-0.15, -0.1) is 0 Å². The van der Waals surface area contributed by atoms with Crippen molar-refractivity contribution in [3.8, 4) is 0 Å². The zero-order valence-electron chi connectivity index (χ0n) is 11.3. The average molecular weight is 310 g/mol. The molecule has 114 valence electrons. The summed E-state index contributed by atoms with van der Waals surface area (Å²) in [5.74, 6) is -1.97. The molecule has 0 spiro atoms. The highest BCUT2D eigenvalue weighted by molar-refractivity contribution is 6.31. The SMILES string of the molecule is CCn1ncc(Cl)c1C(N)C1CCCCC1C(F)(F)F. The Bertz CT molecular complexity index is 458. The minimum atomic E-state index is -4.20. The van der Waals surface area contributed by atoms with Crippen LogP contribution in [0, 0.1) is 11.8 Å². The number of alkyl halides is 3. The zero-order valence-corrected chi connectivity index (χ0v) is 12.1. The van der Waals surface area contributed by atoms with Gasteiger partial charge in [-0.1, -0.05) is 24.4 Å². The molecule has 0 aromatic carbocycles. The largest absolute Gasteiger partial charge is 0.392 e. The maximum absolute atomic E-state index is 13.2. The van der Waals surface area contributed by atoms with E-state index in [2.05, 4.69) is 5.10 Å². The van der Waals surface area contributed by atoms with Crippen molar-refractivity contribution in [2.45, 2.75) is 51.4 Å². The summed E-state index contributed by atoms with van der Waals surface area (Å²) >= 11 is 6.06. The summed E-state index contributed by atoms with van der Waals surface area (Å²) in [4.78, 5) is 0. The Morgan fingerprint density at radius 3 is 2.70 bits per heavy atom. The van der Waals surface area contributed by atoms with Crippen molar-refractivity contribution in [3.63, 3.8) is 0 Å². The lowest BCUT2D eigenvalue weighted by Crippen LogP contribution is -2.39. The topological polar surface area (TPSA) is 43.8 Å². The molecule has 1 saturated carbocycles. The first-order chi connectivity index (χ1) is 9.36. The second-order valence-corrected chi connectivity index (χ2v) is 5.72. The van der Waals surface area contributed by atoms with Crippen molar-refractivity contribution in [2.75, 3.05) is 0 Å². The van der Waals surface area contributed by atoms with Crippen LogP contribution in [0.15, 0.2) is 6.20 Å². The van der Waals surface area contributed by atoms with Crippen LogP contribution in [0.3, 0.4) is 0 Å². The molecule has 1 aromatic heterocycles. The van der Waals surface area contributed by atoms with Crippen LogP contribution in [0.2, 0.25) is 5.02 Å². The van der Waals surface area contributed by atoms with Gasteiger partial charge in [0, 0.05) is 6.54 Å². The van der Waals surface area contributed by atoms with Crippen molar-refractivity contribution in [1.82, 2.24) is 9.78 Å². The summed E-state index contributed by atoms with van der Waals surface area (Å²) in [5.41, 5.74) is 6.66. The zero-order chi connectivity index (χ0) is 14.9. The Kier molecular flexibility index (Phi) is 4.64. The van der Waals surface area contributed by atoms with Gasteiger partial charge in [0.25, 0.3) is 0 Å². The monoisotopic (exact) mass is 309 g/mol. The molecular weight excluding hydrogens is 291 g/mol. The van der Waals surface area contributed by atoms with Gasteiger partial charge < -0.3 is 5.73 Å². The molecule has 0 saturated heterocycles. The fourth-order valence-corrected chi connectivity index (χ4v) is 3.42. The molecule has 1 aliphatic carbocycles. The fourth-order valence-electron chi connectivity index (χ4n) is 3.15. The van der Waals surface area contributed by atoms with E-state index in [1.165, 1.54) is 6.20 Å². The molecule has 0 bridgehead atoms. The Hall–Kier alpha value is -0.750. The summed E-state index contributed by atoms with van der Waals surface area (Å²) in [6.07, 6.45) is -0.731. The Balaban J connectivity index is 2.30. The third-order valence-electron chi connectivity index (χ3n) is 4.15. The molecule has 7 heteroatoms. The Morgan fingerprint density at radius 2 is 2.10 bits per heavy atom. The van der Waals surface area contributed by atoms with Gasteiger partial charge in [0.2, 0.25) is 0 Å². The predicted molar refractivity (Wildman–Crippen MR) is 71.3 cm³/mol. The lowest BCUT2D eigenvalue weighted by atomic mass is 9.74. The van der Waals surface area contributed by atoms with Crippen molar-refractivity contribution in [1.29, 1.82) is 0 Å². The summed E-state index contributed by atoms with van der Waals surface area (Å²) in [7, 11) is 0. The number of nitrogens with zero attached hydrogens (tertiary/aromatic N) is 2. The molecule has 0 aliphatic heterocycles. The molecule has 3 nitrogen and oxygen atoms in total. The summed E-state index contributed by atoms with van der Waals surface area (Å²) in [5, 5.41) is 4.41. The van der Waals surface area contributed by atoms with Gasteiger partial charge in [-0.05, 0) is 25.7 Å². The lowest BCUT2D eigenvalue weighted by molar-refractivity contribution is -0.198. The van der Waals surface area contributed by atoms with Crippen molar-refractivity contribution >= 4 is 11.6 Å². The third-order valence-corrected chi connectivity index (χ3v) is 4.44. The number of halogens is 4. The molecule has 1 heterocycles. The first-order valence-electron chi connectivity index (χ1n) is 6.89. The van der Waals surface area contributed by atoms with Gasteiger partial charge in [-0.3, -0.25) is 4.68 Å². The van der Waals surface area contributed by atoms with E-state index in [1.54, 1.807) is 4.68 Å². The first-order valence-corrected chi connectivity index (χ1v) is 7.27. The number of hydrogen-bond acceptors (Lipinski definition) is 2. The van der Waals surface area contributed by atoms with Crippen LogP contribution < -0.4 is 5.73 Å². The molecule has 2 rings (SSSR count). The molecule has 3 unspecified atom stereocenters. The van der Waals surface area contributed by atoms with Gasteiger partial charge in [0.05, 0.1) is 28.9 Å². The second kappa shape index (κ2) is 5.93. The predicted octanol–water partition coefficient (Wildman–Crippen LogP) is 3.92. The number of rotatable bonds is 3. The number of nitrogens with two attached hydrogens (primary N) is 1. The standard InChI is InChI=1S/C13H19ClF3N3/c1-2-20-12(10(14)7-19-20)11(18)8-5-3-4-6-9(8)13(15,16)17/h7-9,11H,2-6,18H2,1H3. The number of hydrogen-bond donors (Lipinski definition) is 1. The van der Waals surface area contributed by atoms with E-state index in [1.807, 2.05) is 6.92 Å². The van der Waals surface area contributed by atoms with Gasteiger partial charge in [-0.2, -0.15) is 18.3 Å². The molecule has 2 N–H and O–H groups in total. The third kappa shape index (κ3) is 2.96. The molecule has 1 aliphatic rings. The van der Waals surface area contributed by atoms with Crippen LogP contribution in [0.1, 0.15) is 44.3 Å². The molecule has 1 fully saturated rings.